The van der Waals surface area contributed by atoms with E-state index in [2.05, 4.69) is 5.32 Å². The molecule has 0 heterocycles. The highest BCUT2D eigenvalue weighted by Crippen LogP contribution is 2.21. The molecule has 0 aliphatic carbocycles. The lowest BCUT2D eigenvalue weighted by molar-refractivity contribution is 0.136. The highest BCUT2D eigenvalue weighted by Gasteiger charge is 2.23. The zero-order valence-corrected chi connectivity index (χ0v) is 14.7. The molecule has 2 aromatic rings. The lowest BCUT2D eigenvalue weighted by Gasteiger charge is -2.19. The highest BCUT2D eigenvalue weighted by molar-refractivity contribution is 8.13. The predicted molar refractivity (Wildman–Crippen MR) is 93.3 cm³/mol. The van der Waals surface area contributed by atoms with Gasteiger partial charge in [-0.25, -0.2) is 13.2 Å². The Morgan fingerprint density at radius 1 is 1.12 bits per heavy atom. The van der Waals surface area contributed by atoms with Crippen molar-refractivity contribution in [2.75, 3.05) is 5.75 Å². The molecule has 0 aliphatic heterocycles. The lowest BCUT2D eigenvalue weighted by atomic mass is 10.0. The van der Waals surface area contributed by atoms with E-state index in [-0.39, 0.29) is 6.61 Å². The summed E-state index contributed by atoms with van der Waals surface area (Å²) in [6.07, 6.45) is -0.701. The minimum Gasteiger partial charge on any atom is -0.445 e. The molecule has 1 unspecified atom stereocenters. The van der Waals surface area contributed by atoms with Crippen LogP contribution in [0.1, 0.15) is 22.7 Å². The topological polar surface area (TPSA) is 72.5 Å². The number of aryl methyl sites for hydroxylation is 1. The Balaban J connectivity index is 2.07. The van der Waals surface area contributed by atoms with Crippen molar-refractivity contribution in [3.63, 3.8) is 0 Å². The van der Waals surface area contributed by atoms with Gasteiger partial charge in [-0.05, 0) is 23.6 Å². The molecular formula is C17H18ClNO4S. The maximum atomic E-state index is 12.0. The Hall–Kier alpha value is -2.05. The molecule has 0 spiro atoms. The van der Waals surface area contributed by atoms with E-state index in [1.807, 2.05) is 49.4 Å². The molecule has 0 radical (unpaired) electrons. The quantitative estimate of drug-likeness (QED) is 0.793. The number of hydrogen-bond acceptors (Lipinski definition) is 4. The Bertz CT molecular complexity index is 793. The van der Waals surface area contributed by atoms with Crippen molar-refractivity contribution in [2.45, 2.75) is 19.6 Å². The lowest BCUT2D eigenvalue weighted by Crippen LogP contribution is -2.33. The number of alkyl carbamates (subject to hydrolysis) is 1. The molecule has 128 valence electrons. The summed E-state index contributed by atoms with van der Waals surface area (Å²) in [5.41, 5.74) is 2.37. The summed E-state index contributed by atoms with van der Waals surface area (Å²) in [6, 6.07) is 15.6. The molecule has 1 N–H and O–H groups in total. The van der Waals surface area contributed by atoms with Crippen LogP contribution in [-0.2, 0) is 20.4 Å². The van der Waals surface area contributed by atoms with Crippen LogP contribution in [0, 0.1) is 6.92 Å². The molecule has 5 nitrogen and oxygen atoms in total. The first-order valence-electron chi connectivity index (χ1n) is 7.30. The molecule has 0 aliphatic rings. The van der Waals surface area contributed by atoms with Crippen LogP contribution < -0.4 is 5.32 Å². The molecule has 1 atom stereocenters. The molecule has 0 saturated heterocycles. The van der Waals surface area contributed by atoms with Gasteiger partial charge in [-0.3, -0.25) is 0 Å². The maximum Gasteiger partial charge on any atom is 0.407 e. The van der Waals surface area contributed by atoms with E-state index in [9.17, 15) is 13.2 Å². The number of benzene rings is 2. The first kappa shape index (κ1) is 18.3. The molecule has 2 aromatic carbocycles. The van der Waals surface area contributed by atoms with Gasteiger partial charge in [0.05, 0.1) is 11.8 Å². The van der Waals surface area contributed by atoms with Crippen molar-refractivity contribution in [3.8, 4) is 0 Å². The number of nitrogens with one attached hydrogen (secondary N) is 1. The van der Waals surface area contributed by atoms with Gasteiger partial charge in [-0.2, -0.15) is 0 Å². The average Bonchev–Trinajstić information content (AvgIpc) is 2.52. The standard InChI is InChI=1S/C17H18ClNO4S/c1-13-7-5-6-10-15(13)16(12-24(18,21)22)19-17(20)23-11-14-8-3-2-4-9-14/h2-10,16H,11-12H2,1H3,(H,19,20). The fraction of sp³-hybridized carbons (Fsp3) is 0.235. The number of ether oxygens (including phenoxy) is 1. The monoisotopic (exact) mass is 367 g/mol. The Morgan fingerprint density at radius 2 is 1.75 bits per heavy atom. The molecule has 1 amide bonds. The largest absolute Gasteiger partial charge is 0.445 e. The third-order valence-electron chi connectivity index (χ3n) is 3.43. The van der Waals surface area contributed by atoms with Crippen LogP contribution in [0.4, 0.5) is 4.79 Å². The van der Waals surface area contributed by atoms with Gasteiger partial charge in [0, 0.05) is 10.7 Å². The summed E-state index contributed by atoms with van der Waals surface area (Å²) in [4.78, 5) is 12.0. The maximum absolute atomic E-state index is 12.0. The second-order valence-corrected chi connectivity index (χ2v) is 8.14. The van der Waals surface area contributed by atoms with Crippen molar-refractivity contribution in [3.05, 3.63) is 71.3 Å². The highest BCUT2D eigenvalue weighted by atomic mass is 35.7. The smallest absolute Gasteiger partial charge is 0.407 e. The van der Waals surface area contributed by atoms with E-state index in [1.54, 1.807) is 12.1 Å². The average molecular weight is 368 g/mol. The van der Waals surface area contributed by atoms with Crippen LogP contribution >= 0.6 is 10.7 Å². The number of rotatable bonds is 6. The second kappa shape index (κ2) is 8.17. The van der Waals surface area contributed by atoms with Gasteiger partial charge in [-0.1, -0.05) is 54.6 Å². The van der Waals surface area contributed by atoms with Gasteiger partial charge in [0.1, 0.15) is 6.61 Å². The molecule has 0 saturated carbocycles. The van der Waals surface area contributed by atoms with E-state index in [0.717, 1.165) is 11.1 Å². The summed E-state index contributed by atoms with van der Waals surface area (Å²) < 4.78 is 28.1. The molecule has 2 rings (SSSR count). The van der Waals surface area contributed by atoms with Crippen LogP contribution in [0.2, 0.25) is 0 Å². The summed E-state index contributed by atoms with van der Waals surface area (Å²) in [7, 11) is 1.57. The zero-order chi connectivity index (χ0) is 17.6. The van der Waals surface area contributed by atoms with Crippen molar-refractivity contribution in [1.82, 2.24) is 5.32 Å². The Morgan fingerprint density at radius 3 is 2.38 bits per heavy atom. The minimum atomic E-state index is -3.80. The van der Waals surface area contributed by atoms with Crippen molar-refractivity contribution in [1.29, 1.82) is 0 Å². The molecule has 0 bridgehead atoms. The third kappa shape index (κ3) is 5.86. The van der Waals surface area contributed by atoms with Crippen LogP contribution in [-0.4, -0.2) is 20.3 Å². The minimum absolute atomic E-state index is 0.0980. The molecule has 7 heteroatoms. The number of carbonyl (C=O) groups excluding carboxylic acids is 1. The summed E-state index contributed by atoms with van der Waals surface area (Å²) in [6.45, 7) is 1.93. The normalized spacial score (nSPS) is 12.4. The molecular weight excluding hydrogens is 350 g/mol. The van der Waals surface area contributed by atoms with E-state index in [0.29, 0.717) is 5.56 Å². The van der Waals surface area contributed by atoms with Gasteiger partial charge in [-0.15, -0.1) is 0 Å². The first-order valence-corrected chi connectivity index (χ1v) is 9.78. The number of carbonyl (C=O) groups is 1. The zero-order valence-electron chi connectivity index (χ0n) is 13.1. The fourth-order valence-corrected chi connectivity index (χ4v) is 3.33. The molecule has 0 aromatic heterocycles. The van der Waals surface area contributed by atoms with Crippen LogP contribution in [0.5, 0.6) is 0 Å². The van der Waals surface area contributed by atoms with Crippen molar-refractivity contribution >= 4 is 25.8 Å². The van der Waals surface area contributed by atoms with Crippen LogP contribution in [0.15, 0.2) is 54.6 Å². The number of halogens is 1. The Labute approximate surface area is 146 Å². The predicted octanol–water partition coefficient (Wildman–Crippen LogP) is 3.53. The third-order valence-corrected chi connectivity index (χ3v) is 4.54. The summed E-state index contributed by atoms with van der Waals surface area (Å²) in [5, 5.41) is 2.58. The second-order valence-electron chi connectivity index (χ2n) is 5.32. The van der Waals surface area contributed by atoms with Gasteiger partial charge >= 0.3 is 6.09 Å². The van der Waals surface area contributed by atoms with Crippen molar-refractivity contribution < 1.29 is 17.9 Å². The van der Waals surface area contributed by atoms with E-state index in [1.165, 1.54) is 0 Å². The van der Waals surface area contributed by atoms with Gasteiger partial charge in [0.15, 0.2) is 0 Å². The summed E-state index contributed by atoms with van der Waals surface area (Å²) in [5.74, 6) is -0.417. The summed E-state index contributed by atoms with van der Waals surface area (Å²) >= 11 is 0. The van der Waals surface area contributed by atoms with Crippen molar-refractivity contribution in [2.24, 2.45) is 0 Å². The van der Waals surface area contributed by atoms with Gasteiger partial charge in [0.2, 0.25) is 9.05 Å². The van der Waals surface area contributed by atoms with E-state index < -0.39 is 26.9 Å². The fourth-order valence-electron chi connectivity index (χ4n) is 2.29. The molecule has 0 fully saturated rings. The van der Waals surface area contributed by atoms with E-state index >= 15 is 0 Å². The van der Waals surface area contributed by atoms with Gasteiger partial charge in [0.25, 0.3) is 0 Å². The van der Waals surface area contributed by atoms with E-state index in [4.69, 9.17) is 15.4 Å². The SMILES string of the molecule is Cc1ccccc1C(CS(=O)(=O)Cl)NC(=O)OCc1ccccc1. The van der Waals surface area contributed by atoms with Crippen LogP contribution in [0.25, 0.3) is 0 Å². The first-order chi connectivity index (χ1) is 11.3. The molecule has 24 heavy (non-hydrogen) atoms. The number of hydrogen-bond donors (Lipinski definition) is 1. The Kier molecular flexibility index (Phi) is 6.23. The van der Waals surface area contributed by atoms with Gasteiger partial charge < -0.3 is 10.1 Å². The van der Waals surface area contributed by atoms with Crippen LogP contribution in [0.3, 0.4) is 0 Å². The number of amides is 1.